The molecule has 4 nitrogen and oxygen atoms in total. The molecule has 0 amide bonds. The maximum atomic E-state index is 5.90. The molecule has 2 aromatic carbocycles. The van der Waals surface area contributed by atoms with Crippen molar-refractivity contribution in [3.63, 3.8) is 0 Å². The van der Waals surface area contributed by atoms with E-state index >= 15 is 0 Å². The molecule has 0 aliphatic rings. The average molecular weight is 299 g/mol. The van der Waals surface area contributed by atoms with Crippen molar-refractivity contribution in [1.29, 1.82) is 0 Å². The Kier molecular flexibility index (Phi) is 3.98. The highest BCUT2D eigenvalue weighted by Crippen LogP contribution is 2.26. The molecule has 0 spiro atoms. The van der Waals surface area contributed by atoms with Crippen molar-refractivity contribution in [2.24, 2.45) is 0 Å². The summed E-state index contributed by atoms with van der Waals surface area (Å²) in [7, 11) is 0. The van der Waals surface area contributed by atoms with Gasteiger partial charge in [0, 0.05) is 0 Å². The van der Waals surface area contributed by atoms with Crippen LogP contribution in [0.3, 0.4) is 0 Å². The first-order valence-corrected chi connectivity index (χ1v) is 6.68. The van der Waals surface area contributed by atoms with Gasteiger partial charge < -0.3 is 9.47 Å². The normalized spacial score (nSPS) is 10.1. The summed E-state index contributed by atoms with van der Waals surface area (Å²) >= 11 is 5.90. The van der Waals surface area contributed by atoms with Crippen LogP contribution in [0, 0.1) is 0 Å². The first kappa shape index (κ1) is 13.4. The van der Waals surface area contributed by atoms with Gasteiger partial charge in [-0.15, -0.1) is 0 Å². The predicted molar refractivity (Wildman–Crippen MR) is 80.1 cm³/mol. The van der Waals surface area contributed by atoms with E-state index in [4.69, 9.17) is 21.1 Å². The molecule has 21 heavy (non-hydrogen) atoms. The Balaban J connectivity index is 1.83. The second-order valence-electron chi connectivity index (χ2n) is 4.14. The summed E-state index contributed by atoms with van der Waals surface area (Å²) < 4.78 is 11.2. The summed E-state index contributed by atoms with van der Waals surface area (Å²) in [6.07, 6.45) is 0. The van der Waals surface area contributed by atoms with Crippen molar-refractivity contribution in [3.8, 4) is 23.3 Å². The van der Waals surface area contributed by atoms with Crippen LogP contribution in [-0.2, 0) is 0 Å². The van der Waals surface area contributed by atoms with Crippen molar-refractivity contribution in [2.45, 2.75) is 0 Å². The van der Waals surface area contributed by atoms with Crippen LogP contribution in [0.1, 0.15) is 0 Å². The fraction of sp³-hybridized carbons (Fsp3) is 0. The largest absolute Gasteiger partial charge is 0.439 e. The van der Waals surface area contributed by atoms with Gasteiger partial charge in [-0.25, -0.2) is 0 Å². The Morgan fingerprint density at radius 2 is 1.10 bits per heavy atom. The first-order chi connectivity index (χ1) is 10.3. The molecule has 0 atom stereocenters. The molecule has 0 aliphatic carbocycles. The molecule has 0 saturated heterocycles. The van der Waals surface area contributed by atoms with E-state index in [0.29, 0.717) is 23.3 Å². The molecule has 3 rings (SSSR count). The van der Waals surface area contributed by atoms with E-state index in [2.05, 4.69) is 9.97 Å². The zero-order chi connectivity index (χ0) is 14.5. The van der Waals surface area contributed by atoms with Crippen molar-refractivity contribution >= 4 is 11.6 Å². The maximum absolute atomic E-state index is 5.90. The monoisotopic (exact) mass is 298 g/mol. The molecule has 0 unspecified atom stereocenters. The lowest BCUT2D eigenvalue weighted by molar-refractivity contribution is 0.434. The van der Waals surface area contributed by atoms with E-state index in [0.717, 1.165) is 0 Å². The third-order valence-corrected chi connectivity index (χ3v) is 2.75. The van der Waals surface area contributed by atoms with E-state index < -0.39 is 0 Å². The number of para-hydroxylation sites is 2. The molecule has 3 aromatic rings. The van der Waals surface area contributed by atoms with Crippen LogP contribution in [0.5, 0.6) is 23.3 Å². The first-order valence-electron chi connectivity index (χ1n) is 6.30. The lowest BCUT2D eigenvalue weighted by Gasteiger charge is -2.08. The summed E-state index contributed by atoms with van der Waals surface area (Å²) in [5, 5.41) is 0.0642. The van der Waals surface area contributed by atoms with Gasteiger partial charge in [0.15, 0.2) is 0 Å². The minimum atomic E-state index is 0.0642. The number of hydrogen-bond acceptors (Lipinski definition) is 4. The topological polar surface area (TPSA) is 44.2 Å². The molecular weight excluding hydrogens is 288 g/mol. The highest BCUT2D eigenvalue weighted by atomic mass is 35.5. The van der Waals surface area contributed by atoms with Crippen molar-refractivity contribution in [2.75, 3.05) is 0 Å². The number of benzene rings is 2. The minimum Gasteiger partial charge on any atom is -0.439 e. The molecular formula is C16H11ClN2O2. The number of rotatable bonds is 4. The lowest BCUT2D eigenvalue weighted by atomic mass is 10.3. The third kappa shape index (κ3) is 3.70. The van der Waals surface area contributed by atoms with E-state index in [1.165, 1.54) is 0 Å². The fourth-order valence-electron chi connectivity index (χ4n) is 1.70. The Bertz CT molecular complexity index is 661. The van der Waals surface area contributed by atoms with Gasteiger partial charge >= 0.3 is 0 Å². The summed E-state index contributed by atoms with van der Waals surface area (Å²) in [5.41, 5.74) is 0. The zero-order valence-corrected chi connectivity index (χ0v) is 11.7. The Hall–Kier alpha value is -2.59. The van der Waals surface area contributed by atoms with Gasteiger partial charge in [0.2, 0.25) is 17.0 Å². The third-order valence-electron chi connectivity index (χ3n) is 2.58. The Morgan fingerprint density at radius 1 is 0.667 bits per heavy atom. The summed E-state index contributed by atoms with van der Waals surface area (Å²) in [6, 6.07) is 20.2. The number of halogens is 1. The SMILES string of the molecule is Clc1nc(Oc2ccccc2)cc(Oc2ccccc2)n1. The smallest absolute Gasteiger partial charge is 0.228 e. The van der Waals surface area contributed by atoms with Crippen LogP contribution in [0.4, 0.5) is 0 Å². The quantitative estimate of drug-likeness (QED) is 0.654. The Morgan fingerprint density at radius 3 is 1.52 bits per heavy atom. The molecule has 1 heterocycles. The maximum Gasteiger partial charge on any atom is 0.228 e. The van der Waals surface area contributed by atoms with Gasteiger partial charge in [-0.2, -0.15) is 9.97 Å². The molecule has 0 bridgehead atoms. The summed E-state index contributed by atoms with van der Waals surface area (Å²) in [4.78, 5) is 8.05. The fourth-order valence-corrected chi connectivity index (χ4v) is 1.87. The molecule has 0 saturated carbocycles. The number of nitrogens with zero attached hydrogens (tertiary/aromatic N) is 2. The predicted octanol–water partition coefficient (Wildman–Crippen LogP) is 4.71. The van der Waals surface area contributed by atoms with Gasteiger partial charge in [-0.3, -0.25) is 0 Å². The van der Waals surface area contributed by atoms with Crippen molar-refractivity contribution in [3.05, 3.63) is 72.0 Å². The molecule has 0 radical (unpaired) electrons. The van der Waals surface area contributed by atoms with Crippen LogP contribution in [-0.4, -0.2) is 9.97 Å². The van der Waals surface area contributed by atoms with Crippen LogP contribution in [0.15, 0.2) is 66.7 Å². The van der Waals surface area contributed by atoms with E-state index in [1.54, 1.807) is 6.07 Å². The summed E-state index contributed by atoms with van der Waals surface area (Å²) in [6.45, 7) is 0. The van der Waals surface area contributed by atoms with Gasteiger partial charge in [-0.1, -0.05) is 36.4 Å². The average Bonchev–Trinajstić information content (AvgIpc) is 2.48. The second kappa shape index (κ2) is 6.24. The summed E-state index contributed by atoms with van der Waals surface area (Å²) in [5.74, 6) is 1.98. The number of ether oxygens (including phenoxy) is 2. The van der Waals surface area contributed by atoms with Gasteiger partial charge in [-0.05, 0) is 35.9 Å². The van der Waals surface area contributed by atoms with Gasteiger partial charge in [0.1, 0.15) is 11.5 Å². The van der Waals surface area contributed by atoms with Crippen LogP contribution in [0.25, 0.3) is 0 Å². The highest BCUT2D eigenvalue weighted by molar-refractivity contribution is 6.28. The molecule has 104 valence electrons. The number of hydrogen-bond donors (Lipinski definition) is 0. The number of aromatic nitrogens is 2. The van der Waals surface area contributed by atoms with Gasteiger partial charge in [0.05, 0.1) is 6.07 Å². The minimum absolute atomic E-state index is 0.0642. The lowest BCUT2D eigenvalue weighted by Crippen LogP contribution is -1.94. The van der Waals surface area contributed by atoms with Crippen LogP contribution >= 0.6 is 11.6 Å². The molecule has 0 N–H and O–H groups in total. The van der Waals surface area contributed by atoms with E-state index in [9.17, 15) is 0 Å². The van der Waals surface area contributed by atoms with Crippen molar-refractivity contribution in [1.82, 2.24) is 9.97 Å². The molecule has 0 aliphatic heterocycles. The van der Waals surface area contributed by atoms with Gasteiger partial charge in [0.25, 0.3) is 0 Å². The molecule has 5 heteroatoms. The Labute approximate surface area is 127 Å². The zero-order valence-electron chi connectivity index (χ0n) is 10.9. The van der Waals surface area contributed by atoms with E-state index in [1.807, 2.05) is 60.7 Å². The second-order valence-corrected chi connectivity index (χ2v) is 4.48. The highest BCUT2D eigenvalue weighted by Gasteiger charge is 2.07. The van der Waals surface area contributed by atoms with Crippen LogP contribution in [0.2, 0.25) is 5.28 Å². The van der Waals surface area contributed by atoms with E-state index in [-0.39, 0.29) is 5.28 Å². The standard InChI is InChI=1S/C16H11ClN2O2/c17-16-18-14(20-12-7-3-1-4-8-12)11-15(19-16)21-13-9-5-2-6-10-13/h1-11H. The molecule has 0 fully saturated rings. The molecule has 1 aromatic heterocycles. The van der Waals surface area contributed by atoms with Crippen molar-refractivity contribution < 1.29 is 9.47 Å². The van der Waals surface area contributed by atoms with Crippen LogP contribution < -0.4 is 9.47 Å².